The van der Waals surface area contributed by atoms with Crippen molar-refractivity contribution in [3.8, 4) is 11.5 Å². The zero-order valence-electron chi connectivity index (χ0n) is 23.6. The van der Waals surface area contributed by atoms with Crippen LogP contribution in [-0.4, -0.2) is 20.2 Å². The first-order chi connectivity index (χ1) is 21.0. The van der Waals surface area contributed by atoms with Gasteiger partial charge < -0.3 is 20.1 Å². The minimum Gasteiger partial charge on any atom is -0.450 e. The van der Waals surface area contributed by atoms with Crippen LogP contribution in [0, 0.1) is 32.1 Å². The van der Waals surface area contributed by atoms with E-state index in [4.69, 9.17) is 32.7 Å². The third kappa shape index (κ3) is 5.20. The Kier molecular flexibility index (Phi) is 6.71. The molecule has 228 valence electrons. The first-order valence-corrected chi connectivity index (χ1v) is 15.3. The van der Waals surface area contributed by atoms with Crippen LogP contribution in [0.4, 0.5) is 0 Å². The Morgan fingerprint density at radius 1 is 0.682 bits per heavy atom. The maximum Gasteiger partial charge on any atom is 0.285 e. The number of ether oxygens (including phenoxy) is 2. The minimum absolute atomic E-state index is 0.0449. The monoisotopic (exact) mass is 636 g/mol. The maximum absolute atomic E-state index is 11.2. The molecule has 44 heavy (non-hydrogen) atoms. The average Bonchev–Trinajstić information content (AvgIpc) is 2.97. The molecule has 2 aromatic rings. The van der Waals surface area contributed by atoms with Crippen LogP contribution >= 0.6 is 23.2 Å². The first-order valence-electron chi connectivity index (χ1n) is 14.6. The number of nitrogens with zero attached hydrogens (tertiary/aromatic N) is 2. The molecule has 2 aliphatic heterocycles. The largest absolute Gasteiger partial charge is 0.450 e. The van der Waals surface area contributed by atoms with Crippen LogP contribution in [0.3, 0.4) is 0 Å². The normalized spacial score (nSPS) is 34.8. The quantitative estimate of drug-likeness (QED) is 0.144. The molecule has 4 saturated carbocycles. The lowest BCUT2D eigenvalue weighted by Gasteiger charge is -2.62. The molecule has 4 aliphatic carbocycles. The smallest absolute Gasteiger partial charge is 0.285 e. The summed E-state index contributed by atoms with van der Waals surface area (Å²) in [6.07, 6.45) is 14.9. The van der Waals surface area contributed by atoms with Crippen LogP contribution in [0.25, 0.3) is 0 Å². The molecular weight excluding hydrogens is 607 g/mol. The number of allylic oxidation sites excluding steroid dienone is 2. The Labute approximate surface area is 263 Å². The number of nitro groups is 2. The highest BCUT2D eigenvalue weighted by atomic mass is 35.5. The van der Waals surface area contributed by atoms with Crippen molar-refractivity contribution in [1.82, 2.24) is 10.6 Å². The van der Waals surface area contributed by atoms with Crippen LogP contribution in [0.1, 0.15) is 49.7 Å². The summed E-state index contributed by atoms with van der Waals surface area (Å²) in [4.78, 5) is 21.4. The van der Waals surface area contributed by atoms with E-state index in [1.54, 1.807) is 0 Å². The number of hydrogen-bond acceptors (Lipinski definition) is 8. The van der Waals surface area contributed by atoms with Gasteiger partial charge >= 0.3 is 0 Å². The van der Waals surface area contributed by atoms with Gasteiger partial charge in [0.05, 0.1) is 22.0 Å². The summed E-state index contributed by atoms with van der Waals surface area (Å²) in [6, 6.07) is 16.0. The van der Waals surface area contributed by atoms with E-state index >= 15 is 0 Å². The van der Waals surface area contributed by atoms with Gasteiger partial charge in [0.1, 0.15) is 11.5 Å². The highest BCUT2D eigenvalue weighted by molar-refractivity contribution is 6.24. The second kappa shape index (κ2) is 10.3. The lowest BCUT2D eigenvalue weighted by Crippen LogP contribution is -2.55. The molecule has 2 atom stereocenters. The molecule has 10 nitrogen and oxygen atoms in total. The topological polar surface area (TPSA) is 129 Å². The van der Waals surface area contributed by atoms with Crippen molar-refractivity contribution in [3.05, 3.63) is 128 Å². The molecule has 4 fully saturated rings. The van der Waals surface area contributed by atoms with E-state index in [1.165, 1.54) is 54.3 Å². The van der Waals surface area contributed by atoms with Gasteiger partial charge in [-0.25, -0.2) is 0 Å². The van der Waals surface area contributed by atoms with Crippen molar-refractivity contribution < 1.29 is 19.3 Å². The van der Waals surface area contributed by atoms with Gasteiger partial charge in [0.2, 0.25) is 0 Å². The molecule has 0 radical (unpaired) electrons. The van der Waals surface area contributed by atoms with E-state index in [2.05, 4.69) is 34.9 Å². The van der Waals surface area contributed by atoms with Gasteiger partial charge in [0.25, 0.3) is 21.8 Å². The van der Waals surface area contributed by atoms with Crippen molar-refractivity contribution >= 4 is 23.2 Å². The fourth-order valence-electron chi connectivity index (χ4n) is 8.42. The summed E-state index contributed by atoms with van der Waals surface area (Å²) in [5, 5.41) is 25.0. The molecule has 2 aromatic carbocycles. The lowest BCUT2D eigenvalue weighted by atomic mass is 9.42. The second-order valence-electron chi connectivity index (χ2n) is 12.7. The van der Waals surface area contributed by atoms with Crippen molar-refractivity contribution in [1.29, 1.82) is 0 Å². The van der Waals surface area contributed by atoms with E-state index in [9.17, 15) is 20.2 Å². The van der Waals surface area contributed by atoms with E-state index in [0.29, 0.717) is 23.3 Å². The predicted molar refractivity (Wildman–Crippen MR) is 164 cm³/mol. The van der Waals surface area contributed by atoms with Gasteiger partial charge in [0, 0.05) is 24.6 Å². The fourth-order valence-corrected chi connectivity index (χ4v) is 8.95. The molecule has 8 rings (SSSR count). The van der Waals surface area contributed by atoms with Crippen molar-refractivity contribution in [2.24, 2.45) is 11.8 Å². The van der Waals surface area contributed by atoms with Gasteiger partial charge in [-0.05, 0) is 120 Å². The number of alkyl halides is 2. The van der Waals surface area contributed by atoms with Gasteiger partial charge in [0.15, 0.2) is 0 Å². The lowest BCUT2D eigenvalue weighted by molar-refractivity contribution is -0.420. The number of halogens is 2. The molecule has 2 heterocycles. The van der Waals surface area contributed by atoms with Crippen LogP contribution in [0.2, 0.25) is 0 Å². The van der Waals surface area contributed by atoms with Crippen LogP contribution in [0.15, 0.2) is 96.6 Å². The summed E-state index contributed by atoms with van der Waals surface area (Å²) < 4.78 is 11.9. The Morgan fingerprint density at radius 2 is 1.07 bits per heavy atom. The highest BCUT2D eigenvalue weighted by Crippen LogP contribution is 2.66. The molecule has 2 N–H and O–H groups in total. The third-order valence-corrected chi connectivity index (χ3v) is 10.3. The molecule has 0 amide bonds. The van der Waals surface area contributed by atoms with Gasteiger partial charge in [-0.1, -0.05) is 24.3 Å². The number of benzene rings is 2. The minimum atomic E-state index is -1.54. The Bertz CT molecular complexity index is 1510. The standard InChI is InChI=1S/C32H30Cl2N4O6/c33-31(18-25(37(39)40)9-11-35-31)43-27-5-1-23(2-6-27)29-14-21-13-22(15-29)17-30(16-21,20-29)24-3-7-28(8-4-24)44-32(34)19-26(38(41)42)10-12-36-32/h1-12,18-19,21-22,35-36H,13-17,20H2. The number of hydrogen-bond donors (Lipinski definition) is 2. The molecule has 4 bridgehead atoms. The molecule has 0 saturated heterocycles. The summed E-state index contributed by atoms with van der Waals surface area (Å²) in [7, 11) is 0. The molecule has 2 unspecified atom stereocenters. The van der Waals surface area contributed by atoms with Crippen LogP contribution in [-0.2, 0) is 10.8 Å². The Balaban J connectivity index is 1.10. The fraction of sp³-hybridized carbons (Fsp3) is 0.375. The zero-order valence-corrected chi connectivity index (χ0v) is 25.1. The summed E-state index contributed by atoms with van der Waals surface area (Å²) in [5.41, 5.74) is 2.36. The van der Waals surface area contributed by atoms with Crippen molar-refractivity contribution in [2.75, 3.05) is 0 Å². The molecule has 12 heteroatoms. The zero-order chi connectivity index (χ0) is 30.7. The van der Waals surface area contributed by atoms with E-state index in [1.807, 2.05) is 24.3 Å². The summed E-state index contributed by atoms with van der Waals surface area (Å²) in [6.45, 7) is 0. The van der Waals surface area contributed by atoms with Crippen molar-refractivity contribution in [3.63, 3.8) is 0 Å². The van der Waals surface area contributed by atoms with E-state index in [-0.39, 0.29) is 22.2 Å². The highest BCUT2D eigenvalue weighted by Gasteiger charge is 2.58. The predicted octanol–water partition coefficient (Wildman–Crippen LogP) is 6.57. The second-order valence-corrected chi connectivity index (χ2v) is 13.8. The van der Waals surface area contributed by atoms with Crippen molar-refractivity contribution in [2.45, 2.75) is 59.7 Å². The molecule has 0 aromatic heterocycles. The number of rotatable bonds is 8. The number of dihydropyridines is 2. The van der Waals surface area contributed by atoms with E-state index in [0.717, 1.165) is 32.1 Å². The molecular formula is C32H30Cl2N4O6. The van der Waals surface area contributed by atoms with Gasteiger partial charge in [-0.2, -0.15) is 0 Å². The maximum atomic E-state index is 11.2. The average molecular weight is 638 g/mol. The first kappa shape index (κ1) is 28.7. The third-order valence-electron chi connectivity index (χ3n) is 9.68. The number of nitrogens with one attached hydrogen (secondary N) is 2. The Hall–Kier alpha value is -4.02. The molecule has 0 spiro atoms. The van der Waals surface area contributed by atoms with Gasteiger partial charge in [-0.3, -0.25) is 20.2 Å². The SMILES string of the molecule is O=[N+]([O-])C1=CC(Cl)(Oc2ccc(C34CC5CC(C3)CC(c3ccc(OC6(Cl)C=C([N+](=O)[O-])C=CN6)cc3)(C5)C4)cc2)NC=C1. The van der Waals surface area contributed by atoms with Crippen LogP contribution in [0.5, 0.6) is 11.5 Å². The van der Waals surface area contributed by atoms with Crippen LogP contribution < -0.4 is 20.1 Å². The summed E-state index contributed by atoms with van der Waals surface area (Å²) in [5.74, 6) is 2.29. The Morgan fingerprint density at radius 3 is 1.43 bits per heavy atom. The van der Waals surface area contributed by atoms with E-state index < -0.39 is 20.2 Å². The summed E-state index contributed by atoms with van der Waals surface area (Å²) >= 11 is 13.0. The molecule has 6 aliphatic rings. The van der Waals surface area contributed by atoms with Gasteiger partial charge in [-0.15, -0.1) is 0 Å².